The van der Waals surface area contributed by atoms with Crippen LogP contribution in [0.2, 0.25) is 10.0 Å². The zero-order valence-corrected chi connectivity index (χ0v) is 20.2. The Balaban J connectivity index is 0.00000392. The third kappa shape index (κ3) is 8.10. The number of rotatable bonds is 8. The van der Waals surface area contributed by atoms with Gasteiger partial charge >= 0.3 is 0 Å². The molecule has 1 heterocycles. The van der Waals surface area contributed by atoms with Gasteiger partial charge in [-0.15, -0.1) is 24.0 Å². The highest BCUT2D eigenvalue weighted by atomic mass is 127. The van der Waals surface area contributed by atoms with Gasteiger partial charge in [-0.05, 0) is 38.8 Å². The van der Waals surface area contributed by atoms with Crippen LogP contribution in [0, 0.1) is 0 Å². The predicted molar refractivity (Wildman–Crippen MR) is 126 cm³/mol. The lowest BCUT2D eigenvalue weighted by atomic mass is 10.1. The van der Waals surface area contributed by atoms with E-state index in [4.69, 9.17) is 32.7 Å². The SMILES string of the molecule is CCNC(=NCC(O)COc1cccc(Cl)c1Cl)N1CCC(OCC)CC1.I. The maximum absolute atomic E-state index is 10.2. The van der Waals surface area contributed by atoms with Crippen LogP contribution in [-0.2, 0) is 4.74 Å². The molecule has 0 saturated carbocycles. The zero-order valence-electron chi connectivity index (χ0n) is 16.4. The van der Waals surface area contributed by atoms with E-state index >= 15 is 0 Å². The number of hydrogen-bond donors (Lipinski definition) is 2. The van der Waals surface area contributed by atoms with Gasteiger partial charge in [0.2, 0.25) is 0 Å². The van der Waals surface area contributed by atoms with Crippen molar-refractivity contribution in [1.29, 1.82) is 0 Å². The number of hydrogen-bond acceptors (Lipinski definition) is 4. The van der Waals surface area contributed by atoms with E-state index in [0.29, 0.717) is 21.9 Å². The van der Waals surface area contributed by atoms with Crippen LogP contribution in [0.15, 0.2) is 23.2 Å². The number of benzene rings is 1. The number of aliphatic hydroxyl groups is 1. The lowest BCUT2D eigenvalue weighted by Gasteiger charge is -2.34. The number of aliphatic imine (C=N–C) groups is 1. The smallest absolute Gasteiger partial charge is 0.194 e. The number of ether oxygens (including phenoxy) is 2. The molecule has 2 rings (SSSR count). The second kappa shape index (κ2) is 13.7. The normalized spacial score (nSPS) is 16.5. The van der Waals surface area contributed by atoms with Crippen molar-refractivity contribution in [1.82, 2.24) is 10.2 Å². The first-order valence-corrected chi connectivity index (χ1v) is 10.2. The summed E-state index contributed by atoms with van der Waals surface area (Å²) in [6.07, 6.45) is 1.55. The third-order valence-electron chi connectivity index (χ3n) is 4.28. The molecule has 1 aliphatic heterocycles. The molecule has 1 aromatic rings. The molecular formula is C19H30Cl2IN3O3. The second-order valence-corrected chi connectivity index (χ2v) is 7.14. The number of nitrogens with one attached hydrogen (secondary N) is 1. The maximum Gasteiger partial charge on any atom is 0.194 e. The lowest BCUT2D eigenvalue weighted by molar-refractivity contribution is 0.0263. The Kier molecular flexibility index (Phi) is 12.5. The molecule has 9 heteroatoms. The van der Waals surface area contributed by atoms with E-state index in [1.165, 1.54) is 0 Å². The molecule has 0 radical (unpaired) electrons. The van der Waals surface area contributed by atoms with E-state index in [2.05, 4.69) is 15.2 Å². The quantitative estimate of drug-likeness (QED) is 0.295. The zero-order chi connectivity index (χ0) is 19.6. The minimum atomic E-state index is -0.741. The topological polar surface area (TPSA) is 66.3 Å². The summed E-state index contributed by atoms with van der Waals surface area (Å²) in [5.41, 5.74) is 0. The third-order valence-corrected chi connectivity index (χ3v) is 5.08. The summed E-state index contributed by atoms with van der Waals surface area (Å²) in [5, 5.41) is 14.3. The van der Waals surface area contributed by atoms with Gasteiger partial charge in [0.05, 0.1) is 17.7 Å². The van der Waals surface area contributed by atoms with Crippen LogP contribution in [-0.4, -0.2) is 67.6 Å². The number of guanidine groups is 1. The molecule has 1 unspecified atom stereocenters. The number of nitrogens with zero attached hydrogens (tertiary/aromatic N) is 2. The molecule has 1 atom stereocenters. The van der Waals surface area contributed by atoms with E-state index in [1.807, 2.05) is 13.8 Å². The first-order chi connectivity index (χ1) is 13.0. The molecule has 1 aliphatic rings. The Morgan fingerprint density at radius 3 is 2.68 bits per heavy atom. The van der Waals surface area contributed by atoms with Crippen molar-refractivity contribution in [3.05, 3.63) is 28.2 Å². The summed E-state index contributed by atoms with van der Waals surface area (Å²) in [4.78, 5) is 6.77. The molecule has 0 aliphatic carbocycles. The van der Waals surface area contributed by atoms with Gasteiger partial charge in [0.15, 0.2) is 5.96 Å². The average molecular weight is 546 g/mol. The van der Waals surface area contributed by atoms with Crippen molar-refractivity contribution < 1.29 is 14.6 Å². The first-order valence-electron chi connectivity index (χ1n) is 9.44. The lowest BCUT2D eigenvalue weighted by Crippen LogP contribution is -2.47. The van der Waals surface area contributed by atoms with E-state index in [-0.39, 0.29) is 37.1 Å². The van der Waals surface area contributed by atoms with Crippen molar-refractivity contribution in [3.63, 3.8) is 0 Å². The van der Waals surface area contributed by atoms with E-state index in [1.54, 1.807) is 18.2 Å². The van der Waals surface area contributed by atoms with Crippen molar-refractivity contribution >= 4 is 53.1 Å². The largest absolute Gasteiger partial charge is 0.489 e. The Morgan fingerprint density at radius 1 is 1.32 bits per heavy atom. The van der Waals surface area contributed by atoms with Gasteiger partial charge in [-0.2, -0.15) is 0 Å². The minimum absolute atomic E-state index is 0. The molecular weight excluding hydrogens is 516 g/mol. The van der Waals surface area contributed by atoms with Crippen LogP contribution in [0.4, 0.5) is 0 Å². The second-order valence-electron chi connectivity index (χ2n) is 6.35. The summed E-state index contributed by atoms with van der Waals surface area (Å²) in [7, 11) is 0. The molecule has 1 aromatic carbocycles. The molecule has 0 amide bonds. The van der Waals surface area contributed by atoms with Crippen LogP contribution in [0.25, 0.3) is 0 Å². The van der Waals surface area contributed by atoms with Crippen molar-refractivity contribution in [2.24, 2.45) is 4.99 Å². The molecule has 0 aromatic heterocycles. The summed E-state index contributed by atoms with van der Waals surface area (Å²) in [6.45, 7) is 7.70. The van der Waals surface area contributed by atoms with Crippen molar-refractivity contribution in [3.8, 4) is 5.75 Å². The summed E-state index contributed by atoms with van der Waals surface area (Å²) >= 11 is 12.1. The highest BCUT2D eigenvalue weighted by molar-refractivity contribution is 14.0. The monoisotopic (exact) mass is 545 g/mol. The van der Waals surface area contributed by atoms with Crippen molar-refractivity contribution in [2.45, 2.75) is 38.9 Å². The number of halogens is 3. The van der Waals surface area contributed by atoms with Gasteiger partial charge in [0.25, 0.3) is 0 Å². The minimum Gasteiger partial charge on any atom is -0.489 e. The number of likely N-dealkylation sites (tertiary alicyclic amines) is 1. The van der Waals surface area contributed by atoms with Crippen LogP contribution in [0.1, 0.15) is 26.7 Å². The van der Waals surface area contributed by atoms with E-state index < -0.39 is 6.10 Å². The first kappa shape index (κ1) is 25.6. The summed E-state index contributed by atoms with van der Waals surface area (Å²) < 4.78 is 11.3. The fraction of sp³-hybridized carbons (Fsp3) is 0.632. The van der Waals surface area contributed by atoms with Gasteiger partial charge in [-0.25, -0.2) is 0 Å². The van der Waals surface area contributed by atoms with Crippen LogP contribution in [0.3, 0.4) is 0 Å². The van der Waals surface area contributed by atoms with Crippen molar-refractivity contribution in [2.75, 3.05) is 39.4 Å². The highest BCUT2D eigenvalue weighted by Crippen LogP contribution is 2.31. The fourth-order valence-electron chi connectivity index (χ4n) is 2.92. The molecule has 1 saturated heterocycles. The van der Waals surface area contributed by atoms with Gasteiger partial charge < -0.3 is 24.8 Å². The molecule has 6 nitrogen and oxygen atoms in total. The van der Waals surface area contributed by atoms with Crippen LogP contribution < -0.4 is 10.1 Å². The molecule has 1 fully saturated rings. The molecule has 28 heavy (non-hydrogen) atoms. The van der Waals surface area contributed by atoms with E-state index in [0.717, 1.165) is 45.0 Å². The molecule has 160 valence electrons. The van der Waals surface area contributed by atoms with Crippen LogP contribution in [0.5, 0.6) is 5.75 Å². The Hall–Kier alpha value is -0.480. The van der Waals surface area contributed by atoms with Gasteiger partial charge in [0, 0.05) is 26.2 Å². The van der Waals surface area contributed by atoms with E-state index in [9.17, 15) is 5.11 Å². The standard InChI is InChI=1S/C19H29Cl2N3O3.HI/c1-3-22-19(24-10-8-15(9-11-24)26-4-2)23-12-14(25)13-27-17-7-5-6-16(20)18(17)21;/h5-7,14-15,25H,3-4,8-13H2,1-2H3,(H,22,23);1H. The Labute approximate surface area is 194 Å². The molecule has 0 bridgehead atoms. The average Bonchev–Trinajstić information content (AvgIpc) is 2.67. The van der Waals surface area contributed by atoms with Gasteiger partial charge in [-0.1, -0.05) is 29.3 Å². The summed E-state index contributed by atoms with van der Waals surface area (Å²) in [6, 6.07) is 5.16. The predicted octanol–water partition coefficient (Wildman–Crippen LogP) is 3.82. The number of aliphatic hydroxyl groups excluding tert-OH is 1. The van der Waals surface area contributed by atoms with Gasteiger partial charge in [0.1, 0.15) is 23.5 Å². The van der Waals surface area contributed by atoms with Gasteiger partial charge in [-0.3, -0.25) is 4.99 Å². The fourth-order valence-corrected chi connectivity index (χ4v) is 3.27. The molecule has 0 spiro atoms. The Morgan fingerprint density at radius 2 is 2.04 bits per heavy atom. The summed E-state index contributed by atoms with van der Waals surface area (Å²) in [5.74, 6) is 1.27. The van der Waals surface area contributed by atoms with Crippen LogP contribution >= 0.6 is 47.2 Å². The molecule has 2 N–H and O–H groups in total. The highest BCUT2D eigenvalue weighted by Gasteiger charge is 2.21. The Bertz CT molecular complexity index is 614. The maximum atomic E-state index is 10.2. The number of piperidine rings is 1.